The van der Waals surface area contributed by atoms with E-state index in [4.69, 9.17) is 0 Å². The predicted molar refractivity (Wildman–Crippen MR) is 93.2 cm³/mol. The van der Waals surface area contributed by atoms with E-state index >= 15 is 0 Å². The van der Waals surface area contributed by atoms with Crippen LogP contribution in [0.3, 0.4) is 0 Å². The van der Waals surface area contributed by atoms with Crippen LogP contribution in [0.2, 0.25) is 0 Å². The van der Waals surface area contributed by atoms with E-state index < -0.39 is 5.92 Å². The highest BCUT2D eigenvalue weighted by Gasteiger charge is 2.27. The van der Waals surface area contributed by atoms with Crippen molar-refractivity contribution in [3.05, 3.63) is 65.5 Å². The standard InChI is InChI=1S/C19H16N4O2/c1-21-19(25)13-7-5-6-12(10-13)17(24)14(11-20)18-22-15-8-3-4-9-16(15)23(18)2/h3-10,14H,1-2H3,(H,21,25)/t14-/m0/s1. The second-order valence-corrected chi connectivity index (χ2v) is 5.60. The van der Waals surface area contributed by atoms with Gasteiger partial charge in [-0.25, -0.2) is 4.98 Å². The van der Waals surface area contributed by atoms with Crippen molar-refractivity contribution in [2.45, 2.75) is 5.92 Å². The Balaban J connectivity index is 2.03. The maximum atomic E-state index is 12.9. The number of hydrogen-bond donors (Lipinski definition) is 1. The normalized spacial score (nSPS) is 11.7. The van der Waals surface area contributed by atoms with Crippen molar-refractivity contribution in [1.29, 1.82) is 5.26 Å². The minimum atomic E-state index is -1.04. The number of nitriles is 1. The van der Waals surface area contributed by atoms with E-state index in [0.29, 0.717) is 17.0 Å². The number of aromatic nitrogens is 2. The van der Waals surface area contributed by atoms with Gasteiger partial charge in [0.1, 0.15) is 5.82 Å². The van der Waals surface area contributed by atoms with E-state index in [0.717, 1.165) is 11.0 Å². The van der Waals surface area contributed by atoms with Gasteiger partial charge in [0.15, 0.2) is 11.7 Å². The van der Waals surface area contributed by atoms with Crippen molar-refractivity contribution in [2.24, 2.45) is 7.05 Å². The molecule has 1 N–H and O–H groups in total. The number of Topliss-reactive ketones (excluding diaryl/α,β-unsaturated/α-hetero) is 1. The molecule has 0 bridgehead atoms. The summed E-state index contributed by atoms with van der Waals surface area (Å²) in [4.78, 5) is 29.1. The number of amides is 1. The molecule has 0 fully saturated rings. The topological polar surface area (TPSA) is 87.8 Å². The van der Waals surface area contributed by atoms with Crippen LogP contribution in [0, 0.1) is 11.3 Å². The monoisotopic (exact) mass is 332 g/mol. The number of fused-ring (bicyclic) bond motifs is 1. The number of ketones is 1. The molecule has 0 aliphatic carbocycles. The zero-order valence-electron chi connectivity index (χ0n) is 13.9. The molecule has 0 spiro atoms. The number of nitrogens with one attached hydrogen (secondary N) is 1. The number of hydrogen-bond acceptors (Lipinski definition) is 4. The Morgan fingerprint density at radius 2 is 1.88 bits per heavy atom. The molecule has 1 amide bonds. The van der Waals surface area contributed by atoms with Crippen molar-refractivity contribution < 1.29 is 9.59 Å². The number of benzene rings is 2. The second kappa shape index (κ2) is 6.57. The Hall–Kier alpha value is -3.46. The van der Waals surface area contributed by atoms with Crippen LogP contribution in [-0.4, -0.2) is 28.3 Å². The van der Waals surface area contributed by atoms with Crippen LogP contribution in [0.25, 0.3) is 11.0 Å². The average molecular weight is 332 g/mol. The fourth-order valence-electron chi connectivity index (χ4n) is 2.78. The maximum Gasteiger partial charge on any atom is 0.251 e. The molecule has 0 unspecified atom stereocenters. The smallest absolute Gasteiger partial charge is 0.251 e. The molecule has 1 atom stereocenters. The third-order valence-corrected chi connectivity index (χ3v) is 4.11. The van der Waals surface area contributed by atoms with E-state index in [1.807, 2.05) is 30.3 Å². The number of nitrogens with zero attached hydrogens (tertiary/aromatic N) is 3. The average Bonchev–Trinajstić information content (AvgIpc) is 2.98. The fraction of sp³-hybridized carbons (Fsp3) is 0.158. The van der Waals surface area contributed by atoms with Gasteiger partial charge in [-0.2, -0.15) is 5.26 Å². The number of aryl methyl sites for hydroxylation is 1. The molecule has 1 heterocycles. The molecule has 0 radical (unpaired) electrons. The molecule has 0 saturated carbocycles. The van der Waals surface area contributed by atoms with E-state index in [2.05, 4.69) is 10.3 Å². The molecule has 6 heteroatoms. The van der Waals surface area contributed by atoms with Gasteiger partial charge in [-0.05, 0) is 24.3 Å². The SMILES string of the molecule is CNC(=O)c1cccc(C(=O)[C@H](C#N)c2nc3ccccc3n2C)c1. The number of rotatable bonds is 4. The Kier molecular flexibility index (Phi) is 4.31. The maximum absolute atomic E-state index is 12.9. The lowest BCUT2D eigenvalue weighted by Gasteiger charge is -2.09. The Labute approximate surface area is 144 Å². The number of para-hydroxylation sites is 2. The van der Waals surface area contributed by atoms with E-state index in [-0.39, 0.29) is 11.7 Å². The first-order valence-electron chi connectivity index (χ1n) is 7.74. The van der Waals surface area contributed by atoms with Crippen molar-refractivity contribution in [3.63, 3.8) is 0 Å². The number of imidazole rings is 1. The summed E-state index contributed by atoms with van der Waals surface area (Å²) in [5.74, 6) is -1.33. The molecule has 25 heavy (non-hydrogen) atoms. The zero-order valence-corrected chi connectivity index (χ0v) is 13.9. The van der Waals surface area contributed by atoms with Crippen molar-refractivity contribution in [2.75, 3.05) is 7.05 Å². The lowest BCUT2D eigenvalue weighted by Crippen LogP contribution is -2.19. The Bertz CT molecular complexity index is 1010. The van der Waals surface area contributed by atoms with Gasteiger partial charge in [0.2, 0.25) is 0 Å². The molecular weight excluding hydrogens is 316 g/mol. The van der Waals surface area contributed by atoms with Gasteiger partial charge in [0.25, 0.3) is 5.91 Å². The van der Waals surface area contributed by atoms with Gasteiger partial charge in [0, 0.05) is 25.2 Å². The summed E-state index contributed by atoms with van der Waals surface area (Å²) in [7, 11) is 3.30. The first-order valence-corrected chi connectivity index (χ1v) is 7.74. The van der Waals surface area contributed by atoms with Gasteiger partial charge in [-0.1, -0.05) is 24.3 Å². The van der Waals surface area contributed by atoms with Crippen molar-refractivity contribution >= 4 is 22.7 Å². The molecule has 6 nitrogen and oxygen atoms in total. The summed E-state index contributed by atoms with van der Waals surface area (Å²) in [5.41, 5.74) is 2.26. The first kappa shape index (κ1) is 16.4. The van der Waals surface area contributed by atoms with Crippen LogP contribution >= 0.6 is 0 Å². The molecule has 1 aromatic heterocycles. The molecule has 3 rings (SSSR count). The van der Waals surface area contributed by atoms with Crippen molar-refractivity contribution in [1.82, 2.24) is 14.9 Å². The van der Waals surface area contributed by atoms with Crippen LogP contribution in [-0.2, 0) is 7.05 Å². The quantitative estimate of drug-likeness (QED) is 0.743. The summed E-state index contributed by atoms with van der Waals surface area (Å²) < 4.78 is 1.75. The molecule has 2 aromatic carbocycles. The van der Waals surface area contributed by atoms with Crippen LogP contribution < -0.4 is 5.32 Å². The van der Waals surface area contributed by atoms with Crippen LogP contribution in [0.4, 0.5) is 0 Å². The third kappa shape index (κ3) is 2.88. The fourth-order valence-corrected chi connectivity index (χ4v) is 2.78. The highest BCUT2D eigenvalue weighted by molar-refractivity contribution is 6.04. The number of carbonyl (C=O) groups excluding carboxylic acids is 2. The molecule has 0 saturated heterocycles. The van der Waals surface area contributed by atoms with E-state index in [9.17, 15) is 14.9 Å². The number of carbonyl (C=O) groups is 2. The minimum absolute atomic E-state index is 0.286. The van der Waals surface area contributed by atoms with Gasteiger partial charge in [-0.15, -0.1) is 0 Å². The largest absolute Gasteiger partial charge is 0.355 e. The summed E-state index contributed by atoms with van der Waals surface area (Å²) in [5, 5.41) is 12.1. The van der Waals surface area contributed by atoms with Gasteiger partial charge < -0.3 is 9.88 Å². The highest BCUT2D eigenvalue weighted by Crippen LogP contribution is 2.24. The summed E-state index contributed by atoms with van der Waals surface area (Å²) in [6.45, 7) is 0. The summed E-state index contributed by atoms with van der Waals surface area (Å²) in [6.07, 6.45) is 0. The molecule has 124 valence electrons. The van der Waals surface area contributed by atoms with Gasteiger partial charge >= 0.3 is 0 Å². The van der Waals surface area contributed by atoms with Crippen molar-refractivity contribution in [3.8, 4) is 6.07 Å². The van der Waals surface area contributed by atoms with Gasteiger partial charge in [-0.3, -0.25) is 9.59 Å². The molecule has 3 aromatic rings. The molecule has 0 aliphatic heterocycles. The zero-order chi connectivity index (χ0) is 18.0. The molecule has 0 aliphatic rings. The predicted octanol–water partition coefficient (Wildman–Crippen LogP) is 2.42. The summed E-state index contributed by atoms with van der Waals surface area (Å²) in [6, 6.07) is 15.8. The van der Waals surface area contributed by atoms with Crippen LogP contribution in [0.5, 0.6) is 0 Å². The highest BCUT2D eigenvalue weighted by atomic mass is 16.1. The second-order valence-electron chi connectivity index (χ2n) is 5.60. The Morgan fingerprint density at radius 3 is 2.56 bits per heavy atom. The minimum Gasteiger partial charge on any atom is -0.355 e. The third-order valence-electron chi connectivity index (χ3n) is 4.11. The lowest BCUT2D eigenvalue weighted by atomic mass is 9.96. The van der Waals surface area contributed by atoms with Crippen LogP contribution in [0.15, 0.2) is 48.5 Å². The Morgan fingerprint density at radius 1 is 1.16 bits per heavy atom. The van der Waals surface area contributed by atoms with E-state index in [1.165, 1.54) is 13.1 Å². The first-order chi connectivity index (χ1) is 12.1. The van der Waals surface area contributed by atoms with Crippen LogP contribution in [0.1, 0.15) is 32.5 Å². The van der Waals surface area contributed by atoms with Gasteiger partial charge in [0.05, 0.1) is 17.1 Å². The van der Waals surface area contributed by atoms with E-state index in [1.54, 1.807) is 29.8 Å². The molecular formula is C19H16N4O2. The summed E-state index contributed by atoms with van der Waals surface area (Å²) >= 11 is 0. The lowest BCUT2D eigenvalue weighted by molar-refractivity contribution is 0.0963.